The van der Waals surface area contributed by atoms with Gasteiger partial charge in [0.05, 0.1) is 0 Å². The van der Waals surface area contributed by atoms with Gasteiger partial charge in [-0.15, -0.1) is 24.9 Å². The van der Waals surface area contributed by atoms with Crippen molar-refractivity contribution in [2.45, 2.75) is 18.2 Å². The highest BCUT2D eigenvalue weighted by molar-refractivity contribution is 7.98. The molecule has 0 amide bonds. The minimum absolute atomic E-state index is 0.165. The van der Waals surface area contributed by atoms with Gasteiger partial charge in [-0.2, -0.15) is 0 Å². The molecule has 78 valence electrons. The van der Waals surface area contributed by atoms with E-state index in [9.17, 15) is 13.2 Å². The van der Waals surface area contributed by atoms with Crippen molar-refractivity contribution >= 4 is 11.8 Å². The Morgan fingerprint density at radius 3 is 2.36 bits per heavy atom. The second kappa shape index (κ2) is 4.13. The lowest BCUT2D eigenvalue weighted by Crippen LogP contribution is -2.17. The maximum Gasteiger partial charge on any atom is 0.573 e. The third-order valence-corrected chi connectivity index (χ3v) is 2.20. The molecule has 0 aromatic heterocycles. The number of hydrogen-bond acceptors (Lipinski definition) is 2. The van der Waals surface area contributed by atoms with Crippen molar-refractivity contribution in [2.24, 2.45) is 0 Å². The first-order valence-electron chi connectivity index (χ1n) is 3.82. The fourth-order valence-corrected chi connectivity index (χ4v) is 1.56. The van der Waals surface area contributed by atoms with Crippen molar-refractivity contribution in [1.29, 1.82) is 0 Å². The van der Waals surface area contributed by atoms with E-state index in [0.717, 1.165) is 10.5 Å². The molecule has 0 saturated heterocycles. The minimum atomic E-state index is -4.62. The molecule has 0 N–H and O–H groups in total. The van der Waals surface area contributed by atoms with Crippen molar-refractivity contribution in [1.82, 2.24) is 0 Å². The molecule has 0 fully saturated rings. The van der Waals surface area contributed by atoms with E-state index >= 15 is 0 Å². The van der Waals surface area contributed by atoms with Gasteiger partial charge >= 0.3 is 6.36 Å². The summed E-state index contributed by atoms with van der Waals surface area (Å²) in [7, 11) is 0. The van der Waals surface area contributed by atoms with Gasteiger partial charge in [-0.05, 0) is 36.9 Å². The van der Waals surface area contributed by atoms with Gasteiger partial charge in [-0.3, -0.25) is 0 Å². The van der Waals surface area contributed by atoms with E-state index < -0.39 is 6.36 Å². The molecule has 0 spiro atoms. The van der Waals surface area contributed by atoms with Crippen molar-refractivity contribution in [3.63, 3.8) is 0 Å². The summed E-state index contributed by atoms with van der Waals surface area (Å²) in [6.45, 7) is 1.73. The molecule has 0 aliphatic rings. The highest BCUT2D eigenvalue weighted by Crippen LogP contribution is 2.27. The molecule has 0 heterocycles. The largest absolute Gasteiger partial charge is 0.573 e. The van der Waals surface area contributed by atoms with E-state index in [1.54, 1.807) is 19.2 Å². The molecule has 0 aliphatic carbocycles. The average molecular weight is 222 g/mol. The molecule has 0 unspecified atom stereocenters. The van der Waals surface area contributed by atoms with Crippen molar-refractivity contribution < 1.29 is 17.9 Å². The van der Waals surface area contributed by atoms with Crippen LogP contribution in [-0.2, 0) is 0 Å². The summed E-state index contributed by atoms with van der Waals surface area (Å²) in [4.78, 5) is 0.754. The Morgan fingerprint density at radius 1 is 1.21 bits per heavy atom. The zero-order valence-electron chi connectivity index (χ0n) is 7.68. The molecule has 14 heavy (non-hydrogen) atoms. The second-order valence-corrected chi connectivity index (χ2v) is 3.61. The minimum Gasteiger partial charge on any atom is -0.406 e. The molecule has 1 rings (SSSR count). The van der Waals surface area contributed by atoms with Gasteiger partial charge in [0.2, 0.25) is 0 Å². The summed E-state index contributed by atoms with van der Waals surface area (Å²) < 4.78 is 39.5. The van der Waals surface area contributed by atoms with Gasteiger partial charge in [0.25, 0.3) is 0 Å². The molecule has 5 heteroatoms. The number of benzene rings is 1. The molecule has 1 aromatic carbocycles. The molecule has 0 bridgehead atoms. The first kappa shape index (κ1) is 11.2. The van der Waals surface area contributed by atoms with E-state index in [2.05, 4.69) is 4.74 Å². The van der Waals surface area contributed by atoms with E-state index in [1.165, 1.54) is 23.9 Å². The van der Waals surface area contributed by atoms with Gasteiger partial charge in [0.1, 0.15) is 5.75 Å². The highest BCUT2D eigenvalue weighted by atomic mass is 32.2. The molecular formula is C9H9F3OS. The van der Waals surface area contributed by atoms with Crippen LogP contribution in [0.3, 0.4) is 0 Å². The van der Waals surface area contributed by atoms with Gasteiger partial charge in [0.15, 0.2) is 0 Å². The Labute approximate surface area is 84.3 Å². The highest BCUT2D eigenvalue weighted by Gasteiger charge is 2.31. The smallest absolute Gasteiger partial charge is 0.406 e. The quantitative estimate of drug-likeness (QED) is 0.707. The Morgan fingerprint density at radius 2 is 1.86 bits per heavy atom. The Balaban J connectivity index is 2.92. The van der Waals surface area contributed by atoms with Crippen LogP contribution in [0.1, 0.15) is 5.56 Å². The van der Waals surface area contributed by atoms with Crippen LogP contribution in [0.5, 0.6) is 5.75 Å². The molecule has 1 aromatic rings. The fraction of sp³-hybridized carbons (Fsp3) is 0.333. The fourth-order valence-electron chi connectivity index (χ4n) is 1.02. The lowest BCUT2D eigenvalue weighted by molar-refractivity contribution is -0.274. The lowest BCUT2D eigenvalue weighted by atomic mass is 10.2. The first-order chi connectivity index (χ1) is 6.40. The monoisotopic (exact) mass is 222 g/mol. The summed E-state index contributed by atoms with van der Waals surface area (Å²) >= 11 is 1.38. The maximum absolute atomic E-state index is 11.9. The predicted molar refractivity (Wildman–Crippen MR) is 49.6 cm³/mol. The van der Waals surface area contributed by atoms with Gasteiger partial charge in [0, 0.05) is 4.90 Å². The summed E-state index contributed by atoms with van der Waals surface area (Å²) in [5.41, 5.74) is 0.746. The molecule has 1 nitrogen and oxygen atoms in total. The Kier molecular flexibility index (Phi) is 3.31. The number of halogens is 3. The van der Waals surface area contributed by atoms with Gasteiger partial charge in [-0.25, -0.2) is 0 Å². The number of alkyl halides is 3. The van der Waals surface area contributed by atoms with Crippen LogP contribution in [0.15, 0.2) is 23.1 Å². The number of ether oxygens (including phenoxy) is 1. The van der Waals surface area contributed by atoms with Crippen molar-refractivity contribution in [3.05, 3.63) is 23.8 Å². The zero-order chi connectivity index (χ0) is 10.8. The molecule has 0 atom stereocenters. The van der Waals surface area contributed by atoms with Crippen LogP contribution in [-0.4, -0.2) is 12.6 Å². The predicted octanol–water partition coefficient (Wildman–Crippen LogP) is 3.62. The number of aryl methyl sites for hydroxylation is 1. The number of hydrogen-bond donors (Lipinski definition) is 0. The molecular weight excluding hydrogens is 213 g/mol. The summed E-state index contributed by atoms with van der Waals surface area (Å²) in [5, 5.41) is 0. The average Bonchev–Trinajstić information content (AvgIpc) is 1.99. The van der Waals surface area contributed by atoms with Crippen LogP contribution in [0.2, 0.25) is 0 Å². The van der Waals surface area contributed by atoms with Crippen LogP contribution in [0, 0.1) is 6.92 Å². The Hall–Kier alpha value is -0.840. The SMILES string of the molecule is CSc1cc(C)cc(OC(F)(F)F)c1. The Bertz CT molecular complexity index is 322. The van der Waals surface area contributed by atoms with Crippen LogP contribution in [0.25, 0.3) is 0 Å². The topological polar surface area (TPSA) is 9.23 Å². The standard InChI is InChI=1S/C9H9F3OS/c1-6-3-7(13-9(10,11)12)5-8(4-6)14-2/h3-5H,1-2H3. The number of rotatable bonds is 2. The number of thioether (sulfide) groups is 1. The molecule has 0 saturated carbocycles. The zero-order valence-corrected chi connectivity index (χ0v) is 8.50. The van der Waals surface area contributed by atoms with E-state index in [0.29, 0.717) is 0 Å². The van der Waals surface area contributed by atoms with Crippen LogP contribution < -0.4 is 4.74 Å². The van der Waals surface area contributed by atoms with E-state index in [1.807, 2.05) is 0 Å². The summed E-state index contributed by atoms with van der Waals surface area (Å²) in [6.07, 6.45) is -2.82. The summed E-state index contributed by atoms with van der Waals surface area (Å²) in [5.74, 6) is -0.165. The van der Waals surface area contributed by atoms with Crippen molar-refractivity contribution in [2.75, 3.05) is 6.26 Å². The van der Waals surface area contributed by atoms with Crippen LogP contribution >= 0.6 is 11.8 Å². The summed E-state index contributed by atoms with van der Waals surface area (Å²) in [6, 6.07) is 4.52. The van der Waals surface area contributed by atoms with Gasteiger partial charge in [-0.1, -0.05) is 0 Å². The van der Waals surface area contributed by atoms with Gasteiger partial charge < -0.3 is 4.74 Å². The third-order valence-electron chi connectivity index (χ3n) is 1.49. The lowest BCUT2D eigenvalue weighted by Gasteiger charge is -2.10. The van der Waals surface area contributed by atoms with Crippen molar-refractivity contribution in [3.8, 4) is 5.75 Å². The van der Waals surface area contributed by atoms with E-state index in [-0.39, 0.29) is 5.75 Å². The maximum atomic E-state index is 11.9. The third kappa shape index (κ3) is 3.49. The van der Waals surface area contributed by atoms with Crippen LogP contribution in [0.4, 0.5) is 13.2 Å². The van der Waals surface area contributed by atoms with E-state index in [4.69, 9.17) is 0 Å². The second-order valence-electron chi connectivity index (χ2n) is 2.73. The molecule has 0 aliphatic heterocycles. The first-order valence-corrected chi connectivity index (χ1v) is 5.04. The molecule has 0 radical (unpaired) electrons. The normalized spacial score (nSPS) is 11.5.